The van der Waals surface area contributed by atoms with Crippen LogP contribution >= 0.6 is 0 Å². The van der Waals surface area contributed by atoms with E-state index < -0.39 is 0 Å². The lowest BCUT2D eigenvalue weighted by Gasteiger charge is -2.39. The van der Waals surface area contributed by atoms with Crippen LogP contribution in [0.3, 0.4) is 0 Å². The summed E-state index contributed by atoms with van der Waals surface area (Å²) in [4.78, 5) is 0. The first-order chi connectivity index (χ1) is 8.29. The Morgan fingerprint density at radius 1 is 1.06 bits per heavy atom. The molecule has 1 aliphatic carbocycles. The van der Waals surface area contributed by atoms with Crippen molar-refractivity contribution in [3.05, 3.63) is 0 Å². The van der Waals surface area contributed by atoms with Crippen molar-refractivity contribution in [2.24, 2.45) is 28.6 Å². The van der Waals surface area contributed by atoms with Crippen molar-refractivity contribution in [2.45, 2.75) is 87.0 Å². The highest BCUT2D eigenvalue weighted by Crippen LogP contribution is 2.60. The van der Waals surface area contributed by atoms with E-state index in [2.05, 4.69) is 48.5 Å². The topological polar surface area (TPSA) is 0 Å². The molecule has 3 unspecified atom stereocenters. The molecule has 18 heavy (non-hydrogen) atoms. The van der Waals surface area contributed by atoms with Gasteiger partial charge in [-0.2, -0.15) is 0 Å². The second kappa shape index (κ2) is 5.97. The molecule has 1 rings (SSSR count). The Kier molecular flexibility index (Phi) is 5.32. The second-order valence-electron chi connectivity index (χ2n) is 7.97. The smallest absolute Gasteiger partial charge is 0.0292 e. The standard InChI is InChI=1S/C18H36/c1-8-11-14(9-2)12-16-17(4,5)13-15(10-3)18(16,6)7/h14-16H,8-13H2,1-7H3. The van der Waals surface area contributed by atoms with E-state index in [1.165, 1.54) is 38.5 Å². The molecular weight excluding hydrogens is 216 g/mol. The van der Waals surface area contributed by atoms with E-state index in [1.54, 1.807) is 0 Å². The Morgan fingerprint density at radius 2 is 1.67 bits per heavy atom. The summed E-state index contributed by atoms with van der Waals surface area (Å²) >= 11 is 0. The molecule has 0 N–H and O–H groups in total. The molecule has 0 spiro atoms. The Bertz CT molecular complexity index is 249. The van der Waals surface area contributed by atoms with Crippen LogP contribution in [0.25, 0.3) is 0 Å². The van der Waals surface area contributed by atoms with Crippen LogP contribution < -0.4 is 0 Å². The van der Waals surface area contributed by atoms with Gasteiger partial charge in [-0.3, -0.25) is 0 Å². The van der Waals surface area contributed by atoms with Crippen molar-refractivity contribution in [3.63, 3.8) is 0 Å². The lowest BCUT2D eigenvalue weighted by molar-refractivity contribution is 0.101. The highest BCUT2D eigenvalue weighted by molar-refractivity contribution is 5.01. The van der Waals surface area contributed by atoms with E-state index in [0.717, 1.165) is 17.8 Å². The Balaban J connectivity index is 2.83. The minimum absolute atomic E-state index is 0.541. The second-order valence-corrected chi connectivity index (χ2v) is 7.97. The van der Waals surface area contributed by atoms with Crippen LogP contribution in [0.5, 0.6) is 0 Å². The zero-order chi connectivity index (χ0) is 14.0. The molecule has 0 heterocycles. The van der Waals surface area contributed by atoms with E-state index in [-0.39, 0.29) is 0 Å². The lowest BCUT2D eigenvalue weighted by atomic mass is 9.66. The molecule has 3 atom stereocenters. The molecule has 0 saturated heterocycles. The van der Waals surface area contributed by atoms with Gasteiger partial charge in [0.25, 0.3) is 0 Å². The average molecular weight is 252 g/mol. The van der Waals surface area contributed by atoms with Crippen molar-refractivity contribution in [1.29, 1.82) is 0 Å². The zero-order valence-corrected chi connectivity index (χ0v) is 14.0. The fraction of sp³-hybridized carbons (Fsp3) is 1.00. The first-order valence-electron chi connectivity index (χ1n) is 8.29. The van der Waals surface area contributed by atoms with E-state index in [4.69, 9.17) is 0 Å². The van der Waals surface area contributed by atoms with Gasteiger partial charge < -0.3 is 0 Å². The Morgan fingerprint density at radius 3 is 2.06 bits per heavy atom. The molecule has 0 aromatic heterocycles. The van der Waals surface area contributed by atoms with Crippen molar-refractivity contribution in [2.75, 3.05) is 0 Å². The fourth-order valence-corrected chi connectivity index (χ4v) is 4.86. The summed E-state index contributed by atoms with van der Waals surface area (Å²) in [5.41, 5.74) is 1.09. The van der Waals surface area contributed by atoms with Gasteiger partial charge >= 0.3 is 0 Å². The van der Waals surface area contributed by atoms with Gasteiger partial charge in [0, 0.05) is 0 Å². The molecule has 0 aromatic rings. The molecule has 1 aliphatic rings. The van der Waals surface area contributed by atoms with Crippen LogP contribution in [0.1, 0.15) is 87.0 Å². The van der Waals surface area contributed by atoms with Crippen LogP contribution in [0.2, 0.25) is 0 Å². The third-order valence-electron chi connectivity index (χ3n) is 6.00. The van der Waals surface area contributed by atoms with E-state index in [1.807, 2.05) is 0 Å². The fourth-order valence-electron chi connectivity index (χ4n) is 4.86. The Hall–Kier alpha value is 0. The third-order valence-corrected chi connectivity index (χ3v) is 6.00. The van der Waals surface area contributed by atoms with Gasteiger partial charge in [-0.15, -0.1) is 0 Å². The van der Waals surface area contributed by atoms with Gasteiger partial charge in [0.15, 0.2) is 0 Å². The van der Waals surface area contributed by atoms with E-state index in [9.17, 15) is 0 Å². The molecule has 108 valence electrons. The Labute approximate surface area is 116 Å². The summed E-state index contributed by atoms with van der Waals surface area (Å²) in [6.45, 7) is 17.2. The predicted molar refractivity (Wildman–Crippen MR) is 82.8 cm³/mol. The van der Waals surface area contributed by atoms with Crippen LogP contribution in [0, 0.1) is 28.6 Å². The van der Waals surface area contributed by atoms with Gasteiger partial charge in [-0.25, -0.2) is 0 Å². The van der Waals surface area contributed by atoms with Crippen molar-refractivity contribution < 1.29 is 0 Å². The lowest BCUT2D eigenvalue weighted by Crippen LogP contribution is -2.31. The summed E-state index contributed by atoms with van der Waals surface area (Å²) in [5, 5.41) is 0. The van der Waals surface area contributed by atoms with Gasteiger partial charge in [0.1, 0.15) is 0 Å². The van der Waals surface area contributed by atoms with Gasteiger partial charge in [-0.1, -0.05) is 74.1 Å². The molecule has 0 nitrogen and oxygen atoms in total. The van der Waals surface area contributed by atoms with E-state index in [0.29, 0.717) is 10.8 Å². The van der Waals surface area contributed by atoms with Gasteiger partial charge in [0.2, 0.25) is 0 Å². The summed E-state index contributed by atoms with van der Waals surface area (Å²) < 4.78 is 0. The number of hydrogen-bond acceptors (Lipinski definition) is 0. The number of hydrogen-bond donors (Lipinski definition) is 0. The molecule has 0 aromatic carbocycles. The SMILES string of the molecule is CCCC(CC)CC1C(C)(C)CC(CC)C1(C)C. The first-order valence-corrected chi connectivity index (χ1v) is 8.29. The summed E-state index contributed by atoms with van der Waals surface area (Å²) in [6.07, 6.45) is 8.40. The van der Waals surface area contributed by atoms with Crippen molar-refractivity contribution in [3.8, 4) is 0 Å². The summed E-state index contributed by atoms with van der Waals surface area (Å²) in [7, 11) is 0. The van der Waals surface area contributed by atoms with Crippen LogP contribution in [-0.4, -0.2) is 0 Å². The minimum Gasteiger partial charge on any atom is -0.0654 e. The van der Waals surface area contributed by atoms with E-state index >= 15 is 0 Å². The highest BCUT2D eigenvalue weighted by atomic mass is 14.6. The molecule has 1 fully saturated rings. The number of rotatable bonds is 6. The third kappa shape index (κ3) is 3.11. The molecular formula is C18H36. The molecule has 0 radical (unpaired) electrons. The molecule has 0 aliphatic heterocycles. The molecule has 0 heteroatoms. The highest BCUT2D eigenvalue weighted by Gasteiger charge is 2.52. The van der Waals surface area contributed by atoms with Crippen LogP contribution in [0.4, 0.5) is 0 Å². The molecule has 0 amide bonds. The van der Waals surface area contributed by atoms with Crippen molar-refractivity contribution >= 4 is 0 Å². The monoisotopic (exact) mass is 252 g/mol. The maximum absolute atomic E-state index is 2.54. The average Bonchev–Trinajstić information content (AvgIpc) is 2.46. The summed E-state index contributed by atoms with van der Waals surface area (Å²) in [5.74, 6) is 2.79. The van der Waals surface area contributed by atoms with Crippen LogP contribution in [0.15, 0.2) is 0 Å². The first kappa shape index (κ1) is 16.1. The van der Waals surface area contributed by atoms with Gasteiger partial charge in [0.05, 0.1) is 0 Å². The zero-order valence-electron chi connectivity index (χ0n) is 14.0. The molecule has 1 saturated carbocycles. The predicted octanol–water partition coefficient (Wildman–Crippen LogP) is 6.30. The van der Waals surface area contributed by atoms with Crippen molar-refractivity contribution in [1.82, 2.24) is 0 Å². The normalized spacial score (nSPS) is 31.5. The maximum Gasteiger partial charge on any atom is -0.0292 e. The summed E-state index contributed by atoms with van der Waals surface area (Å²) in [6, 6.07) is 0. The molecule has 0 bridgehead atoms. The minimum atomic E-state index is 0.541. The largest absolute Gasteiger partial charge is 0.0654 e. The van der Waals surface area contributed by atoms with Crippen LogP contribution in [-0.2, 0) is 0 Å². The van der Waals surface area contributed by atoms with Gasteiger partial charge in [-0.05, 0) is 41.4 Å². The maximum atomic E-state index is 2.54. The quantitative estimate of drug-likeness (QED) is 0.520.